The van der Waals surface area contributed by atoms with Gasteiger partial charge in [-0.3, -0.25) is 5.10 Å². The normalized spacial score (nSPS) is 10.9. The summed E-state index contributed by atoms with van der Waals surface area (Å²) >= 11 is 5.90. The van der Waals surface area contributed by atoms with Crippen LogP contribution in [0.25, 0.3) is 22.6 Å². The third-order valence-corrected chi connectivity index (χ3v) is 3.92. The fourth-order valence-electron chi connectivity index (χ4n) is 2.46. The van der Waals surface area contributed by atoms with E-state index in [0.717, 1.165) is 22.4 Å². The largest absolute Gasteiger partial charge is 0.339 e. The van der Waals surface area contributed by atoms with Gasteiger partial charge < -0.3 is 4.52 Å². The van der Waals surface area contributed by atoms with Crippen molar-refractivity contribution in [1.82, 2.24) is 20.3 Å². The van der Waals surface area contributed by atoms with Crippen LogP contribution in [0.2, 0.25) is 5.02 Å². The molecule has 4 aromatic rings. The summed E-state index contributed by atoms with van der Waals surface area (Å²) in [5.74, 6) is 1.14. The molecule has 2 heterocycles. The van der Waals surface area contributed by atoms with Crippen LogP contribution in [0.15, 0.2) is 65.3 Å². The maximum atomic E-state index is 5.90. The maximum absolute atomic E-state index is 5.90. The Balaban J connectivity index is 1.58. The van der Waals surface area contributed by atoms with Crippen molar-refractivity contribution in [2.24, 2.45) is 0 Å². The molecule has 118 valence electrons. The molecule has 24 heavy (non-hydrogen) atoms. The molecule has 4 rings (SSSR count). The van der Waals surface area contributed by atoms with Crippen LogP contribution in [0.5, 0.6) is 0 Å². The number of nitrogens with zero attached hydrogens (tertiary/aromatic N) is 3. The van der Waals surface area contributed by atoms with Gasteiger partial charge in [0.15, 0.2) is 0 Å². The summed E-state index contributed by atoms with van der Waals surface area (Å²) in [5, 5.41) is 11.7. The minimum absolute atomic E-state index is 0.569. The van der Waals surface area contributed by atoms with Gasteiger partial charge in [0, 0.05) is 22.3 Å². The number of halogens is 1. The fourth-order valence-corrected chi connectivity index (χ4v) is 2.59. The van der Waals surface area contributed by atoms with E-state index >= 15 is 0 Å². The Bertz CT molecular complexity index is 945. The lowest BCUT2D eigenvalue weighted by molar-refractivity contribution is 0.385. The van der Waals surface area contributed by atoms with Crippen molar-refractivity contribution in [2.75, 3.05) is 0 Å². The first kappa shape index (κ1) is 14.7. The first-order valence-electron chi connectivity index (χ1n) is 7.45. The van der Waals surface area contributed by atoms with E-state index in [1.54, 1.807) is 6.20 Å². The van der Waals surface area contributed by atoms with Crippen molar-refractivity contribution < 1.29 is 4.52 Å². The summed E-state index contributed by atoms with van der Waals surface area (Å²) in [4.78, 5) is 4.48. The molecule has 0 unspecified atom stereocenters. The minimum Gasteiger partial charge on any atom is -0.339 e. The summed E-state index contributed by atoms with van der Waals surface area (Å²) < 4.78 is 5.37. The van der Waals surface area contributed by atoms with Crippen molar-refractivity contribution in [1.29, 1.82) is 0 Å². The van der Waals surface area contributed by atoms with Crippen LogP contribution in [-0.2, 0) is 6.42 Å². The zero-order chi connectivity index (χ0) is 16.4. The van der Waals surface area contributed by atoms with Crippen LogP contribution >= 0.6 is 11.6 Å². The number of aromatic amines is 1. The highest BCUT2D eigenvalue weighted by Crippen LogP contribution is 2.23. The standard InChI is InChI=1S/C18H13ClN4O/c19-15-6-4-12(5-7-15)10-17-21-18(23-24-17)14-3-1-2-13(11-14)16-8-9-20-22-16/h1-9,11H,10H2,(H,20,22). The molecule has 0 radical (unpaired) electrons. The van der Waals surface area contributed by atoms with Gasteiger partial charge in [-0.05, 0) is 29.8 Å². The number of H-pyrrole nitrogens is 1. The molecule has 0 atom stereocenters. The lowest BCUT2D eigenvalue weighted by Gasteiger charge is -1.99. The molecule has 0 aliphatic carbocycles. The highest BCUT2D eigenvalue weighted by molar-refractivity contribution is 6.30. The Hall–Kier alpha value is -2.92. The van der Waals surface area contributed by atoms with Crippen LogP contribution in [-0.4, -0.2) is 20.3 Å². The fraction of sp³-hybridized carbons (Fsp3) is 0.0556. The lowest BCUT2D eigenvalue weighted by atomic mass is 10.1. The molecular weight excluding hydrogens is 324 g/mol. The summed E-state index contributed by atoms with van der Waals surface area (Å²) in [5.41, 5.74) is 3.94. The monoisotopic (exact) mass is 336 g/mol. The van der Waals surface area contributed by atoms with E-state index in [1.165, 1.54) is 0 Å². The average molecular weight is 337 g/mol. The highest BCUT2D eigenvalue weighted by atomic mass is 35.5. The Morgan fingerprint density at radius 2 is 1.83 bits per heavy atom. The molecule has 0 fully saturated rings. The van der Waals surface area contributed by atoms with Gasteiger partial charge in [-0.25, -0.2) is 0 Å². The molecule has 0 aliphatic heterocycles. The minimum atomic E-state index is 0.569. The molecule has 0 saturated carbocycles. The number of aromatic nitrogens is 4. The number of rotatable bonds is 4. The number of nitrogens with one attached hydrogen (secondary N) is 1. The van der Waals surface area contributed by atoms with Crippen molar-refractivity contribution in [3.63, 3.8) is 0 Å². The summed E-state index contributed by atoms with van der Waals surface area (Å²) in [6, 6.07) is 17.4. The molecular formula is C18H13ClN4O. The summed E-state index contributed by atoms with van der Waals surface area (Å²) in [6.07, 6.45) is 2.30. The van der Waals surface area contributed by atoms with E-state index in [0.29, 0.717) is 23.2 Å². The van der Waals surface area contributed by atoms with Crippen LogP contribution in [0.4, 0.5) is 0 Å². The highest BCUT2D eigenvalue weighted by Gasteiger charge is 2.10. The van der Waals surface area contributed by atoms with Crippen molar-refractivity contribution >= 4 is 11.6 Å². The number of hydrogen-bond acceptors (Lipinski definition) is 4. The number of benzene rings is 2. The van der Waals surface area contributed by atoms with Gasteiger partial charge in [-0.1, -0.05) is 47.1 Å². The zero-order valence-corrected chi connectivity index (χ0v) is 13.4. The first-order valence-corrected chi connectivity index (χ1v) is 7.83. The second kappa shape index (κ2) is 6.29. The smallest absolute Gasteiger partial charge is 0.231 e. The molecule has 2 aromatic heterocycles. The van der Waals surface area contributed by atoms with Gasteiger partial charge in [0.2, 0.25) is 11.7 Å². The third kappa shape index (κ3) is 3.07. The molecule has 5 nitrogen and oxygen atoms in total. The summed E-state index contributed by atoms with van der Waals surface area (Å²) in [6.45, 7) is 0. The van der Waals surface area contributed by atoms with E-state index in [4.69, 9.17) is 16.1 Å². The van der Waals surface area contributed by atoms with E-state index in [9.17, 15) is 0 Å². The molecule has 0 spiro atoms. The molecule has 2 aromatic carbocycles. The van der Waals surface area contributed by atoms with Gasteiger partial charge in [-0.15, -0.1) is 0 Å². The Morgan fingerprint density at radius 3 is 2.62 bits per heavy atom. The SMILES string of the molecule is Clc1ccc(Cc2nc(-c3cccc(-c4ccn[nH]4)c3)no2)cc1. The molecule has 0 saturated heterocycles. The lowest BCUT2D eigenvalue weighted by Crippen LogP contribution is -1.88. The molecule has 0 amide bonds. The van der Waals surface area contributed by atoms with Gasteiger partial charge in [-0.2, -0.15) is 10.1 Å². The predicted octanol–water partition coefficient (Wildman–Crippen LogP) is 4.37. The second-order valence-electron chi connectivity index (χ2n) is 5.37. The van der Waals surface area contributed by atoms with Crippen molar-refractivity contribution in [3.8, 4) is 22.6 Å². The zero-order valence-electron chi connectivity index (χ0n) is 12.6. The first-order chi connectivity index (χ1) is 11.8. The van der Waals surface area contributed by atoms with Crippen molar-refractivity contribution in [2.45, 2.75) is 6.42 Å². The van der Waals surface area contributed by atoms with Gasteiger partial charge in [0.1, 0.15) is 0 Å². The maximum Gasteiger partial charge on any atom is 0.231 e. The topological polar surface area (TPSA) is 67.6 Å². The quantitative estimate of drug-likeness (QED) is 0.601. The molecule has 0 bridgehead atoms. The summed E-state index contributed by atoms with van der Waals surface area (Å²) in [7, 11) is 0. The van der Waals surface area contributed by atoms with E-state index in [2.05, 4.69) is 20.3 Å². The van der Waals surface area contributed by atoms with Gasteiger partial charge in [0.05, 0.1) is 12.1 Å². The van der Waals surface area contributed by atoms with Gasteiger partial charge in [0.25, 0.3) is 0 Å². The van der Waals surface area contributed by atoms with Crippen molar-refractivity contribution in [3.05, 3.63) is 77.3 Å². The molecule has 1 N–H and O–H groups in total. The van der Waals surface area contributed by atoms with E-state index in [1.807, 2.05) is 54.6 Å². The average Bonchev–Trinajstić information content (AvgIpc) is 3.29. The Kier molecular flexibility index (Phi) is 3.84. The predicted molar refractivity (Wildman–Crippen MR) is 91.6 cm³/mol. The second-order valence-corrected chi connectivity index (χ2v) is 5.80. The molecule has 0 aliphatic rings. The third-order valence-electron chi connectivity index (χ3n) is 3.67. The van der Waals surface area contributed by atoms with Crippen LogP contribution < -0.4 is 0 Å². The van der Waals surface area contributed by atoms with Crippen LogP contribution in [0.3, 0.4) is 0 Å². The molecule has 6 heteroatoms. The Morgan fingerprint density at radius 1 is 1.00 bits per heavy atom. The van der Waals surface area contributed by atoms with Crippen LogP contribution in [0.1, 0.15) is 11.5 Å². The number of hydrogen-bond donors (Lipinski definition) is 1. The van der Waals surface area contributed by atoms with Crippen LogP contribution in [0, 0.1) is 0 Å². The van der Waals surface area contributed by atoms with E-state index in [-0.39, 0.29) is 0 Å². The van der Waals surface area contributed by atoms with E-state index < -0.39 is 0 Å². The van der Waals surface area contributed by atoms with Gasteiger partial charge >= 0.3 is 0 Å². The Labute approximate surface area is 143 Å².